The van der Waals surface area contributed by atoms with Gasteiger partial charge in [0.15, 0.2) is 9.84 Å². The largest absolute Gasteiger partial charge is 0.494 e. The summed E-state index contributed by atoms with van der Waals surface area (Å²) in [5.41, 5.74) is -1.57. The Kier molecular flexibility index (Phi) is 10.6. The van der Waals surface area contributed by atoms with E-state index in [0.29, 0.717) is 0 Å². The fourth-order valence-corrected chi connectivity index (χ4v) is 5.44. The third-order valence-corrected chi connectivity index (χ3v) is 7.76. The molecule has 0 aliphatic rings. The minimum Gasteiger partial charge on any atom is -0.494 e. The van der Waals surface area contributed by atoms with Gasteiger partial charge in [-0.1, -0.05) is 41.9 Å². The molecule has 0 aliphatic heterocycles. The van der Waals surface area contributed by atoms with Crippen molar-refractivity contribution < 1.29 is 49.4 Å². The maximum Gasteiger partial charge on any atom is 0.417 e. The van der Waals surface area contributed by atoms with Crippen LogP contribution in [0.15, 0.2) is 65.6 Å². The first-order valence-electron chi connectivity index (χ1n) is 12.4. The number of hydrogen-bond donors (Lipinski definition) is 1. The lowest BCUT2D eigenvalue weighted by molar-refractivity contribution is -0.138. The van der Waals surface area contributed by atoms with E-state index in [1.807, 2.05) is 0 Å². The summed E-state index contributed by atoms with van der Waals surface area (Å²) in [6.07, 6.45) is -4.29. The van der Waals surface area contributed by atoms with Gasteiger partial charge in [-0.2, -0.15) is 22.0 Å². The van der Waals surface area contributed by atoms with Gasteiger partial charge in [0.25, 0.3) is 5.92 Å². The Hall–Kier alpha value is -3.29. The van der Waals surface area contributed by atoms with E-state index in [1.165, 1.54) is 23.1 Å². The summed E-state index contributed by atoms with van der Waals surface area (Å²) in [5.74, 6) is -5.36. The highest BCUT2D eigenvalue weighted by Gasteiger charge is 2.36. The van der Waals surface area contributed by atoms with Crippen molar-refractivity contribution in [2.24, 2.45) is 0 Å². The highest BCUT2D eigenvalue weighted by atomic mass is 35.5. The van der Waals surface area contributed by atoms with E-state index in [1.54, 1.807) is 0 Å². The molecule has 0 bridgehead atoms. The number of carboxylic acids is 1. The topological polar surface area (TPSA) is 83.9 Å². The van der Waals surface area contributed by atoms with E-state index in [2.05, 4.69) is 0 Å². The van der Waals surface area contributed by atoms with E-state index in [4.69, 9.17) is 21.4 Å². The normalized spacial score (nSPS) is 12.5. The molecule has 0 aliphatic carbocycles. The number of ether oxygens (including phenoxy) is 1. The number of hydrogen-bond acceptors (Lipinski definition) is 5. The van der Waals surface area contributed by atoms with Gasteiger partial charge in [0.05, 0.1) is 35.1 Å². The highest BCUT2D eigenvalue weighted by molar-refractivity contribution is 7.90. The number of carbonyl (C=O) groups is 1. The van der Waals surface area contributed by atoms with Crippen LogP contribution in [0.4, 0.5) is 26.3 Å². The standard InChI is InChI=1S/C28H26ClF6NO5S/c1-42(39,40)24-15-22(11-6-18(24)14-25(37)38)41-13-3-12-36(17-27(31,32)20-7-9-21(30)10-8-20)16-19-4-2-5-23(26(19)29)28(33,34)35/h2,4-11,15H,3,12-14,16-17H2,1H3,(H,37,38). The van der Waals surface area contributed by atoms with Crippen LogP contribution in [0.3, 0.4) is 0 Å². The molecule has 0 saturated carbocycles. The summed E-state index contributed by atoms with van der Waals surface area (Å²) in [6.45, 7) is -1.51. The van der Waals surface area contributed by atoms with E-state index < -0.39 is 62.8 Å². The fraction of sp³-hybridized carbons (Fsp3) is 0.321. The summed E-state index contributed by atoms with van der Waals surface area (Å²) >= 11 is 5.99. The smallest absolute Gasteiger partial charge is 0.417 e. The number of alkyl halides is 5. The second-order valence-corrected chi connectivity index (χ2v) is 11.9. The molecule has 0 atom stereocenters. The molecular weight excluding hydrogens is 612 g/mol. The Balaban J connectivity index is 1.79. The first-order chi connectivity index (χ1) is 19.5. The Morgan fingerprint density at radius 3 is 2.26 bits per heavy atom. The maximum atomic E-state index is 15.2. The average Bonchev–Trinajstić information content (AvgIpc) is 2.87. The second kappa shape index (κ2) is 13.3. The molecule has 0 fully saturated rings. The predicted molar refractivity (Wildman–Crippen MR) is 143 cm³/mol. The van der Waals surface area contributed by atoms with Crippen LogP contribution in [0.25, 0.3) is 0 Å². The van der Waals surface area contributed by atoms with E-state index >= 15 is 8.78 Å². The van der Waals surface area contributed by atoms with Crippen LogP contribution in [0.5, 0.6) is 5.75 Å². The van der Waals surface area contributed by atoms with Crippen molar-refractivity contribution in [1.82, 2.24) is 4.90 Å². The predicted octanol–water partition coefficient (Wildman–Crippen LogP) is 6.59. The van der Waals surface area contributed by atoms with Gasteiger partial charge in [-0.15, -0.1) is 0 Å². The lowest BCUT2D eigenvalue weighted by Gasteiger charge is -2.28. The molecule has 3 aromatic rings. The Morgan fingerprint density at radius 2 is 1.67 bits per heavy atom. The quantitative estimate of drug-likeness (QED) is 0.168. The molecule has 6 nitrogen and oxygen atoms in total. The third-order valence-electron chi connectivity index (χ3n) is 6.13. The molecule has 0 amide bonds. The molecule has 0 radical (unpaired) electrons. The van der Waals surface area contributed by atoms with Crippen molar-refractivity contribution >= 4 is 27.4 Å². The molecule has 0 unspecified atom stereocenters. The van der Waals surface area contributed by atoms with Crippen LogP contribution in [0.1, 0.15) is 28.7 Å². The Labute approximate surface area is 243 Å². The number of carboxylic acid groups (broad SMARTS) is 1. The molecule has 42 heavy (non-hydrogen) atoms. The van der Waals surface area contributed by atoms with E-state index in [-0.39, 0.29) is 47.9 Å². The number of rotatable bonds is 13. The van der Waals surface area contributed by atoms with Crippen molar-refractivity contribution in [2.75, 3.05) is 26.0 Å². The summed E-state index contributed by atoms with van der Waals surface area (Å²) < 4.78 is 114. The van der Waals surface area contributed by atoms with E-state index in [0.717, 1.165) is 48.7 Å². The van der Waals surface area contributed by atoms with Crippen molar-refractivity contribution in [1.29, 1.82) is 0 Å². The van der Waals surface area contributed by atoms with Gasteiger partial charge in [-0.25, -0.2) is 12.8 Å². The second-order valence-electron chi connectivity index (χ2n) is 9.51. The minimum atomic E-state index is -4.76. The Morgan fingerprint density at radius 1 is 1.00 bits per heavy atom. The zero-order valence-electron chi connectivity index (χ0n) is 22.1. The molecule has 0 aromatic heterocycles. The van der Waals surface area contributed by atoms with Crippen molar-refractivity contribution in [2.45, 2.75) is 36.4 Å². The first kappa shape index (κ1) is 33.2. The van der Waals surface area contributed by atoms with Crippen LogP contribution in [0, 0.1) is 5.82 Å². The monoisotopic (exact) mass is 637 g/mol. The lowest BCUT2D eigenvalue weighted by atomic mass is 10.1. The number of benzene rings is 3. The maximum absolute atomic E-state index is 15.2. The molecule has 1 N–H and O–H groups in total. The summed E-state index contributed by atoms with van der Waals surface area (Å²) in [6, 6.07) is 10.6. The zero-order valence-corrected chi connectivity index (χ0v) is 23.7. The van der Waals surface area contributed by atoms with Crippen LogP contribution in [0.2, 0.25) is 5.02 Å². The van der Waals surface area contributed by atoms with Crippen LogP contribution < -0.4 is 4.74 Å². The first-order valence-corrected chi connectivity index (χ1v) is 14.6. The van der Waals surface area contributed by atoms with Gasteiger partial charge < -0.3 is 9.84 Å². The van der Waals surface area contributed by atoms with E-state index in [9.17, 15) is 30.8 Å². The minimum absolute atomic E-state index is 0.0332. The molecule has 3 aromatic carbocycles. The Bertz CT molecular complexity index is 1510. The molecule has 0 heterocycles. The fourth-order valence-electron chi connectivity index (χ4n) is 4.20. The van der Waals surface area contributed by atoms with Crippen molar-refractivity contribution in [3.63, 3.8) is 0 Å². The molecule has 0 spiro atoms. The van der Waals surface area contributed by atoms with Crippen LogP contribution in [-0.4, -0.2) is 50.3 Å². The molecule has 0 saturated heterocycles. The van der Waals surface area contributed by atoms with Gasteiger partial charge in [-0.05, 0) is 47.9 Å². The summed E-state index contributed by atoms with van der Waals surface area (Å²) in [5, 5.41) is 8.41. The summed E-state index contributed by atoms with van der Waals surface area (Å²) in [7, 11) is -3.80. The summed E-state index contributed by atoms with van der Waals surface area (Å²) in [4.78, 5) is 12.0. The number of aliphatic carboxylic acids is 1. The average molecular weight is 638 g/mol. The third kappa shape index (κ3) is 9.10. The van der Waals surface area contributed by atoms with Gasteiger partial charge in [0.1, 0.15) is 11.6 Å². The zero-order chi connectivity index (χ0) is 31.3. The van der Waals surface area contributed by atoms with Gasteiger partial charge in [0.2, 0.25) is 0 Å². The highest BCUT2D eigenvalue weighted by Crippen LogP contribution is 2.37. The number of nitrogens with zero attached hydrogens (tertiary/aromatic N) is 1. The van der Waals surface area contributed by atoms with Gasteiger partial charge in [-0.3, -0.25) is 9.69 Å². The van der Waals surface area contributed by atoms with Gasteiger partial charge in [0, 0.05) is 24.9 Å². The number of halogens is 7. The molecule has 228 valence electrons. The van der Waals surface area contributed by atoms with Crippen molar-refractivity contribution in [3.8, 4) is 5.75 Å². The van der Waals surface area contributed by atoms with Gasteiger partial charge >= 0.3 is 12.1 Å². The SMILES string of the molecule is CS(=O)(=O)c1cc(OCCCN(Cc2cccc(C(F)(F)F)c2Cl)CC(F)(F)c2ccc(F)cc2)ccc1CC(=O)O. The molecule has 14 heteroatoms. The lowest BCUT2D eigenvalue weighted by Crippen LogP contribution is -2.36. The molecular formula is C28H26ClF6NO5S. The van der Waals surface area contributed by atoms with Crippen LogP contribution in [-0.2, 0) is 39.7 Å². The number of sulfone groups is 1. The molecule has 3 rings (SSSR count). The van der Waals surface area contributed by atoms with Crippen LogP contribution >= 0.6 is 11.6 Å². The van der Waals surface area contributed by atoms with Crippen molar-refractivity contribution in [3.05, 3.63) is 93.8 Å².